The van der Waals surface area contributed by atoms with Crippen LogP contribution in [-0.4, -0.2) is 31.8 Å². The lowest BCUT2D eigenvalue weighted by Crippen LogP contribution is -2.02. The molecule has 3 rings (SSSR count). The molecular weight excluding hydrogens is 338 g/mol. The van der Waals surface area contributed by atoms with Crippen molar-refractivity contribution in [3.8, 4) is 5.69 Å². The second kappa shape index (κ2) is 7.26. The largest absolute Gasteiger partial charge is 0.478 e. The summed E-state index contributed by atoms with van der Waals surface area (Å²) in [7, 11) is 0. The van der Waals surface area contributed by atoms with Gasteiger partial charge in [-0.15, -0.1) is 0 Å². The minimum absolute atomic E-state index is 0.105. The highest BCUT2D eigenvalue weighted by molar-refractivity contribution is 5.88. The number of aromatic carboxylic acids is 1. The summed E-state index contributed by atoms with van der Waals surface area (Å²) in [4.78, 5) is 25.1. The first-order valence-corrected chi connectivity index (χ1v) is 7.45. The molecule has 2 aromatic heterocycles. The van der Waals surface area contributed by atoms with Crippen LogP contribution in [0.5, 0.6) is 0 Å². The van der Waals surface area contributed by atoms with Crippen molar-refractivity contribution in [1.29, 1.82) is 0 Å². The topological polar surface area (TPSA) is 123 Å². The molecule has 0 atom stereocenters. The quantitative estimate of drug-likeness (QED) is 0.400. The van der Waals surface area contributed by atoms with Crippen molar-refractivity contribution in [3.05, 3.63) is 82.3 Å². The lowest BCUT2D eigenvalue weighted by atomic mass is 10.2. The second-order valence-corrected chi connectivity index (χ2v) is 5.19. The molecule has 9 nitrogen and oxygen atoms in total. The van der Waals surface area contributed by atoms with Crippen LogP contribution in [0.3, 0.4) is 0 Å². The van der Waals surface area contributed by atoms with Crippen molar-refractivity contribution >= 4 is 23.7 Å². The van der Waals surface area contributed by atoms with Gasteiger partial charge in [0, 0.05) is 18.0 Å². The molecule has 9 heteroatoms. The highest BCUT2D eigenvalue weighted by atomic mass is 16.6. The van der Waals surface area contributed by atoms with Gasteiger partial charge in [-0.2, -0.15) is 5.10 Å². The fraction of sp³-hybridized carbons (Fsp3) is 0. The Hall–Kier alpha value is -4.01. The number of nitrogens with zero attached hydrogens (tertiary/aromatic N) is 4. The molecule has 0 unspecified atom stereocenters. The molecule has 0 saturated carbocycles. The standard InChI is InChI=1S/C17H13N5O4/c23-17(24)12-3-1-4-13(9-12)21-8-2-5-14(21)11-19-20-16-7-6-15(10-18-16)22(25)26/h1-11H,(H,18,20)(H,23,24)/b19-11-. The van der Waals surface area contributed by atoms with Gasteiger partial charge in [-0.05, 0) is 36.4 Å². The van der Waals surface area contributed by atoms with E-state index in [2.05, 4.69) is 15.5 Å². The molecule has 0 bridgehead atoms. The zero-order chi connectivity index (χ0) is 18.5. The predicted molar refractivity (Wildman–Crippen MR) is 94.8 cm³/mol. The van der Waals surface area contributed by atoms with Crippen LogP contribution in [0, 0.1) is 10.1 Å². The lowest BCUT2D eigenvalue weighted by Gasteiger charge is -2.07. The van der Waals surface area contributed by atoms with Crippen LogP contribution in [0.2, 0.25) is 0 Å². The van der Waals surface area contributed by atoms with Crippen LogP contribution in [0.15, 0.2) is 66.0 Å². The molecule has 0 fully saturated rings. The summed E-state index contributed by atoms with van der Waals surface area (Å²) >= 11 is 0. The lowest BCUT2D eigenvalue weighted by molar-refractivity contribution is -0.385. The number of benzene rings is 1. The number of rotatable bonds is 6. The van der Waals surface area contributed by atoms with E-state index in [4.69, 9.17) is 5.11 Å². The Labute approximate surface area is 147 Å². The smallest absolute Gasteiger partial charge is 0.335 e. The molecule has 0 saturated heterocycles. The number of carbonyl (C=O) groups is 1. The van der Waals surface area contributed by atoms with E-state index in [0.717, 1.165) is 6.20 Å². The maximum absolute atomic E-state index is 11.1. The van der Waals surface area contributed by atoms with Gasteiger partial charge in [0.15, 0.2) is 0 Å². The number of nitro groups is 1. The van der Waals surface area contributed by atoms with Crippen molar-refractivity contribution in [3.63, 3.8) is 0 Å². The van der Waals surface area contributed by atoms with Gasteiger partial charge < -0.3 is 9.67 Å². The molecule has 0 spiro atoms. The third-order valence-electron chi connectivity index (χ3n) is 3.49. The highest BCUT2D eigenvalue weighted by Gasteiger charge is 2.07. The normalized spacial score (nSPS) is 10.8. The third kappa shape index (κ3) is 3.73. The Morgan fingerprint density at radius 3 is 2.81 bits per heavy atom. The molecule has 0 radical (unpaired) electrons. The van der Waals surface area contributed by atoms with E-state index in [9.17, 15) is 14.9 Å². The molecule has 130 valence electrons. The molecular formula is C17H13N5O4. The van der Waals surface area contributed by atoms with E-state index in [1.54, 1.807) is 35.0 Å². The van der Waals surface area contributed by atoms with Gasteiger partial charge >= 0.3 is 5.97 Å². The predicted octanol–water partition coefficient (Wildman–Crippen LogP) is 2.92. The van der Waals surface area contributed by atoms with Gasteiger partial charge in [0.1, 0.15) is 12.0 Å². The number of carboxylic acids is 1. The van der Waals surface area contributed by atoms with Crippen molar-refractivity contribution < 1.29 is 14.8 Å². The molecule has 0 aliphatic heterocycles. The molecule has 0 aliphatic carbocycles. The van der Waals surface area contributed by atoms with E-state index in [0.29, 0.717) is 17.2 Å². The summed E-state index contributed by atoms with van der Waals surface area (Å²) in [6.45, 7) is 0. The van der Waals surface area contributed by atoms with Gasteiger partial charge in [-0.3, -0.25) is 15.5 Å². The number of hydrazone groups is 1. The van der Waals surface area contributed by atoms with Gasteiger partial charge in [-0.25, -0.2) is 9.78 Å². The fourth-order valence-corrected chi connectivity index (χ4v) is 2.25. The first-order chi connectivity index (χ1) is 12.5. The Bertz CT molecular complexity index is 979. The number of aromatic nitrogens is 2. The van der Waals surface area contributed by atoms with Crippen LogP contribution < -0.4 is 5.43 Å². The summed E-state index contributed by atoms with van der Waals surface area (Å²) in [6, 6.07) is 12.9. The summed E-state index contributed by atoms with van der Waals surface area (Å²) in [5, 5.41) is 23.8. The van der Waals surface area contributed by atoms with Gasteiger partial charge in [-0.1, -0.05) is 6.07 Å². The average molecular weight is 351 g/mol. The Morgan fingerprint density at radius 1 is 1.27 bits per heavy atom. The third-order valence-corrected chi connectivity index (χ3v) is 3.49. The van der Waals surface area contributed by atoms with Crippen molar-refractivity contribution in [2.24, 2.45) is 5.10 Å². The van der Waals surface area contributed by atoms with Crippen LogP contribution in [0.1, 0.15) is 16.1 Å². The number of hydrogen-bond donors (Lipinski definition) is 2. The van der Waals surface area contributed by atoms with Gasteiger partial charge in [0.25, 0.3) is 5.69 Å². The van der Waals surface area contributed by atoms with E-state index >= 15 is 0 Å². The van der Waals surface area contributed by atoms with Crippen molar-refractivity contribution in [1.82, 2.24) is 9.55 Å². The number of nitrogens with one attached hydrogen (secondary N) is 1. The van der Waals surface area contributed by atoms with E-state index < -0.39 is 10.9 Å². The maximum atomic E-state index is 11.1. The fourth-order valence-electron chi connectivity index (χ4n) is 2.25. The zero-order valence-corrected chi connectivity index (χ0v) is 13.3. The molecule has 26 heavy (non-hydrogen) atoms. The Kier molecular flexibility index (Phi) is 4.70. The summed E-state index contributed by atoms with van der Waals surface area (Å²) in [5.74, 6) is -0.641. The number of pyridine rings is 1. The van der Waals surface area contributed by atoms with E-state index in [1.165, 1.54) is 24.4 Å². The second-order valence-electron chi connectivity index (χ2n) is 5.19. The minimum atomic E-state index is -1.000. The van der Waals surface area contributed by atoms with E-state index in [1.807, 2.05) is 6.07 Å². The molecule has 0 aliphatic rings. The Morgan fingerprint density at radius 2 is 2.12 bits per heavy atom. The van der Waals surface area contributed by atoms with Crippen LogP contribution in [-0.2, 0) is 0 Å². The van der Waals surface area contributed by atoms with Gasteiger partial charge in [0.2, 0.25) is 0 Å². The molecule has 2 heterocycles. The van der Waals surface area contributed by atoms with Crippen molar-refractivity contribution in [2.45, 2.75) is 0 Å². The first kappa shape index (κ1) is 16.8. The number of carboxylic acid groups (broad SMARTS) is 1. The minimum Gasteiger partial charge on any atom is -0.478 e. The van der Waals surface area contributed by atoms with E-state index in [-0.39, 0.29) is 11.3 Å². The highest BCUT2D eigenvalue weighted by Crippen LogP contribution is 2.14. The summed E-state index contributed by atoms with van der Waals surface area (Å²) < 4.78 is 1.78. The number of anilines is 1. The van der Waals surface area contributed by atoms with Crippen LogP contribution in [0.25, 0.3) is 5.69 Å². The Balaban J connectivity index is 1.76. The monoisotopic (exact) mass is 351 g/mol. The zero-order valence-electron chi connectivity index (χ0n) is 13.3. The molecule has 3 aromatic rings. The SMILES string of the molecule is O=C(O)c1cccc(-n2cccc2/C=N\Nc2ccc([N+](=O)[O-])cn2)c1. The summed E-state index contributed by atoms with van der Waals surface area (Å²) in [6.07, 6.45) is 4.46. The average Bonchev–Trinajstić information content (AvgIpc) is 3.11. The summed E-state index contributed by atoms with van der Waals surface area (Å²) in [5.41, 5.74) is 4.16. The van der Waals surface area contributed by atoms with Gasteiger partial charge in [0.05, 0.1) is 22.4 Å². The van der Waals surface area contributed by atoms with Crippen LogP contribution in [0.4, 0.5) is 11.5 Å². The molecule has 1 aromatic carbocycles. The molecule has 2 N–H and O–H groups in total. The maximum Gasteiger partial charge on any atom is 0.335 e. The first-order valence-electron chi connectivity index (χ1n) is 7.45. The van der Waals surface area contributed by atoms with Crippen molar-refractivity contribution in [2.75, 3.05) is 5.43 Å². The van der Waals surface area contributed by atoms with Crippen LogP contribution >= 0.6 is 0 Å². The molecule has 0 amide bonds. The number of hydrogen-bond acceptors (Lipinski definition) is 6.